The van der Waals surface area contributed by atoms with Crippen molar-refractivity contribution in [2.75, 3.05) is 17.6 Å². The molecule has 0 bridgehead atoms. The maximum atomic E-state index is 12.5. The monoisotopic (exact) mass is 345 g/mol. The van der Waals surface area contributed by atoms with Crippen LogP contribution in [0.2, 0.25) is 0 Å². The van der Waals surface area contributed by atoms with E-state index in [0.29, 0.717) is 18.1 Å². The number of Topliss-reactive ketones (excluding diaryl/α,β-unsaturated/α-hetero) is 1. The van der Waals surface area contributed by atoms with Crippen LogP contribution in [0.25, 0.3) is 0 Å². The highest BCUT2D eigenvalue weighted by Gasteiger charge is 2.40. The number of amides is 1. The van der Waals surface area contributed by atoms with Crippen LogP contribution in [-0.2, 0) is 14.8 Å². The Morgan fingerprint density at radius 2 is 2.09 bits per heavy atom. The van der Waals surface area contributed by atoms with Crippen molar-refractivity contribution in [1.29, 1.82) is 0 Å². The fraction of sp³-hybridized carbons (Fsp3) is 0.615. The van der Waals surface area contributed by atoms with Gasteiger partial charge in [-0.05, 0) is 12.3 Å². The van der Waals surface area contributed by atoms with Gasteiger partial charge < -0.3 is 5.32 Å². The zero-order valence-corrected chi connectivity index (χ0v) is 14.3. The normalized spacial score (nSPS) is 19.3. The maximum Gasteiger partial charge on any atom is 0.244 e. The van der Waals surface area contributed by atoms with Gasteiger partial charge in [0, 0.05) is 18.8 Å². The van der Waals surface area contributed by atoms with E-state index in [0.717, 1.165) is 11.3 Å². The van der Waals surface area contributed by atoms with Gasteiger partial charge in [0.15, 0.2) is 10.9 Å². The minimum Gasteiger partial charge on any atom is -0.301 e. The summed E-state index contributed by atoms with van der Waals surface area (Å²) in [5, 5.41) is 4.49. The predicted molar refractivity (Wildman–Crippen MR) is 84.5 cm³/mol. The fourth-order valence-corrected chi connectivity index (χ4v) is 4.98. The van der Waals surface area contributed by atoms with E-state index in [9.17, 15) is 18.0 Å². The first kappa shape index (κ1) is 17.0. The number of aromatic nitrogens is 1. The van der Waals surface area contributed by atoms with Crippen molar-refractivity contribution in [2.24, 2.45) is 5.92 Å². The molecule has 0 saturated carbocycles. The summed E-state index contributed by atoms with van der Waals surface area (Å²) >= 11 is 1.15. The molecular weight excluding hydrogens is 326 g/mol. The lowest BCUT2D eigenvalue weighted by molar-refractivity contribution is -0.120. The van der Waals surface area contributed by atoms with Gasteiger partial charge in [-0.25, -0.2) is 13.4 Å². The Hall–Kier alpha value is -1.32. The molecule has 1 aliphatic heterocycles. The average Bonchev–Trinajstić information content (AvgIpc) is 2.97. The average molecular weight is 345 g/mol. The number of carbonyl (C=O) groups excluding carboxylic acids is 2. The zero-order chi connectivity index (χ0) is 16.5. The van der Waals surface area contributed by atoms with Crippen LogP contribution in [0.1, 0.15) is 37.7 Å². The first-order valence-corrected chi connectivity index (χ1v) is 9.48. The van der Waals surface area contributed by atoms with Crippen molar-refractivity contribution in [3.63, 3.8) is 0 Å². The number of sulfonamides is 1. The number of anilines is 1. The van der Waals surface area contributed by atoms with Gasteiger partial charge in [-0.3, -0.25) is 9.59 Å². The summed E-state index contributed by atoms with van der Waals surface area (Å²) in [7, 11) is -3.38. The topological polar surface area (TPSA) is 96.4 Å². The lowest BCUT2D eigenvalue weighted by atomic mass is 10.0. The second kappa shape index (κ2) is 6.43. The molecule has 0 aliphatic carbocycles. The van der Waals surface area contributed by atoms with E-state index < -0.39 is 22.0 Å². The highest BCUT2D eigenvalue weighted by Crippen LogP contribution is 2.24. The Balaban J connectivity index is 2.18. The van der Waals surface area contributed by atoms with Gasteiger partial charge in [0.1, 0.15) is 11.7 Å². The van der Waals surface area contributed by atoms with Gasteiger partial charge in [0.25, 0.3) is 0 Å². The van der Waals surface area contributed by atoms with E-state index in [-0.39, 0.29) is 23.1 Å². The Labute approximate surface area is 133 Å². The second-order valence-corrected chi connectivity index (χ2v) is 8.45. The molecule has 2 heterocycles. The first-order chi connectivity index (χ1) is 10.2. The molecule has 1 aromatic rings. The van der Waals surface area contributed by atoms with E-state index in [1.54, 1.807) is 19.2 Å². The van der Waals surface area contributed by atoms with Crippen molar-refractivity contribution >= 4 is 38.2 Å². The van der Waals surface area contributed by atoms with Crippen LogP contribution in [0.3, 0.4) is 0 Å². The van der Waals surface area contributed by atoms with Gasteiger partial charge in [-0.2, -0.15) is 4.31 Å². The van der Waals surface area contributed by atoms with Crippen LogP contribution in [0.15, 0.2) is 5.38 Å². The molecule has 122 valence electrons. The third kappa shape index (κ3) is 3.53. The molecule has 2 rings (SSSR count). The molecule has 0 radical (unpaired) electrons. The molecule has 1 aliphatic rings. The number of nitrogens with zero attached hydrogens (tertiary/aromatic N) is 2. The van der Waals surface area contributed by atoms with E-state index in [2.05, 4.69) is 10.3 Å². The van der Waals surface area contributed by atoms with Gasteiger partial charge in [-0.15, -0.1) is 11.3 Å². The zero-order valence-electron chi connectivity index (χ0n) is 12.7. The van der Waals surface area contributed by atoms with Crippen LogP contribution >= 0.6 is 11.3 Å². The molecule has 1 unspecified atom stereocenters. The summed E-state index contributed by atoms with van der Waals surface area (Å²) < 4.78 is 25.4. The lowest BCUT2D eigenvalue weighted by Gasteiger charge is -2.28. The van der Waals surface area contributed by atoms with Crippen molar-refractivity contribution in [3.8, 4) is 0 Å². The Morgan fingerprint density at radius 3 is 2.55 bits per heavy atom. The molecular formula is C13H19N3O4S2. The maximum absolute atomic E-state index is 12.5. The van der Waals surface area contributed by atoms with Gasteiger partial charge >= 0.3 is 0 Å². The summed E-state index contributed by atoms with van der Waals surface area (Å²) in [6.45, 7) is 5.37. The first-order valence-electron chi connectivity index (χ1n) is 6.99. The lowest BCUT2D eigenvalue weighted by Crippen LogP contribution is -2.48. The fourth-order valence-electron chi connectivity index (χ4n) is 2.41. The summed E-state index contributed by atoms with van der Waals surface area (Å²) in [6.07, 6.45) is 0.532. The minimum atomic E-state index is -3.38. The third-order valence-corrected chi connectivity index (χ3v) is 6.13. The molecule has 9 heteroatoms. The smallest absolute Gasteiger partial charge is 0.244 e. The highest BCUT2D eigenvalue weighted by atomic mass is 32.2. The predicted octanol–water partition coefficient (Wildman–Crippen LogP) is 1.34. The van der Waals surface area contributed by atoms with Crippen molar-refractivity contribution < 1.29 is 18.0 Å². The van der Waals surface area contributed by atoms with E-state index in [4.69, 9.17) is 0 Å². The van der Waals surface area contributed by atoms with E-state index in [1.807, 2.05) is 0 Å². The van der Waals surface area contributed by atoms with E-state index >= 15 is 0 Å². The summed E-state index contributed by atoms with van der Waals surface area (Å²) in [5.74, 6) is -0.681. The summed E-state index contributed by atoms with van der Waals surface area (Å²) in [5.41, 5.74) is 0.287. The number of hydrogen-bond donors (Lipinski definition) is 1. The molecule has 1 fully saturated rings. The van der Waals surface area contributed by atoms with Crippen LogP contribution in [-0.4, -0.2) is 47.7 Å². The third-order valence-electron chi connectivity index (χ3n) is 3.44. The molecule has 0 spiro atoms. The number of carbonyl (C=O) groups is 2. The molecule has 1 N–H and O–H groups in total. The number of hydrogen-bond acceptors (Lipinski definition) is 6. The van der Waals surface area contributed by atoms with Crippen LogP contribution in [0.4, 0.5) is 5.13 Å². The quantitative estimate of drug-likeness (QED) is 0.813. The highest BCUT2D eigenvalue weighted by molar-refractivity contribution is 7.89. The minimum absolute atomic E-state index is 0.0786. The van der Waals surface area contributed by atoms with Crippen molar-refractivity contribution in [3.05, 3.63) is 11.1 Å². The number of ketones is 1. The molecule has 1 amide bonds. The Morgan fingerprint density at radius 1 is 1.41 bits per heavy atom. The molecule has 22 heavy (non-hydrogen) atoms. The SMILES string of the molecule is CC(=O)c1csc(NC(=O)C(C(C)C)N2CCCS2(=O)=O)n1. The molecule has 1 aromatic heterocycles. The number of rotatable bonds is 5. The van der Waals surface area contributed by atoms with Crippen LogP contribution in [0, 0.1) is 5.92 Å². The molecule has 0 aromatic carbocycles. The van der Waals surface area contributed by atoms with Crippen LogP contribution in [0.5, 0.6) is 0 Å². The Bertz CT molecular complexity index is 681. The number of nitrogens with one attached hydrogen (secondary N) is 1. The summed E-state index contributed by atoms with van der Waals surface area (Å²) in [4.78, 5) is 27.7. The van der Waals surface area contributed by atoms with Gasteiger partial charge in [-0.1, -0.05) is 13.8 Å². The van der Waals surface area contributed by atoms with Gasteiger partial charge in [0.2, 0.25) is 15.9 Å². The standard InChI is InChI=1S/C13H19N3O4S2/c1-8(2)11(16-5-4-6-22(16,19)20)12(18)15-13-14-10(7-21-13)9(3)17/h7-8,11H,4-6H2,1-3H3,(H,14,15,18). The second-order valence-electron chi connectivity index (χ2n) is 5.55. The number of thiazole rings is 1. The molecule has 1 saturated heterocycles. The molecule has 7 nitrogen and oxygen atoms in total. The largest absolute Gasteiger partial charge is 0.301 e. The van der Waals surface area contributed by atoms with Crippen molar-refractivity contribution in [2.45, 2.75) is 33.2 Å². The summed E-state index contributed by atoms with van der Waals surface area (Å²) in [6, 6.07) is -0.767. The Kier molecular flexibility index (Phi) is 4.98. The molecule has 1 atom stereocenters. The van der Waals surface area contributed by atoms with Crippen molar-refractivity contribution in [1.82, 2.24) is 9.29 Å². The van der Waals surface area contributed by atoms with Crippen LogP contribution < -0.4 is 5.32 Å². The van der Waals surface area contributed by atoms with E-state index in [1.165, 1.54) is 11.2 Å². The van der Waals surface area contributed by atoms with Gasteiger partial charge in [0.05, 0.1) is 5.75 Å².